The van der Waals surface area contributed by atoms with Crippen LogP contribution in [-0.2, 0) is 0 Å². The van der Waals surface area contributed by atoms with Gasteiger partial charge in [0.25, 0.3) is 0 Å². The normalized spacial score (nSPS) is 18.2. The van der Waals surface area contributed by atoms with Gasteiger partial charge in [-0.2, -0.15) is 9.67 Å². The molecule has 3 aromatic rings. The van der Waals surface area contributed by atoms with Gasteiger partial charge in [0, 0.05) is 12.6 Å². The van der Waals surface area contributed by atoms with Crippen LogP contribution in [0.2, 0.25) is 0 Å². The predicted octanol–water partition coefficient (Wildman–Crippen LogP) is 1.34. The quantitative estimate of drug-likeness (QED) is 0.775. The summed E-state index contributed by atoms with van der Waals surface area (Å²) in [4.78, 5) is 11.3. The minimum atomic E-state index is 0.373. The van der Waals surface area contributed by atoms with Crippen LogP contribution >= 0.6 is 0 Å². The van der Waals surface area contributed by atoms with E-state index < -0.39 is 0 Å². The summed E-state index contributed by atoms with van der Waals surface area (Å²) in [6, 6.07) is 8.00. The second-order valence-corrected chi connectivity index (χ2v) is 5.99. The van der Waals surface area contributed by atoms with Crippen molar-refractivity contribution in [1.82, 2.24) is 29.9 Å². The number of benzene rings is 1. The number of methoxy groups -OCH3 is 1. The summed E-state index contributed by atoms with van der Waals surface area (Å²) in [5.74, 6) is 1.41. The van der Waals surface area contributed by atoms with Gasteiger partial charge < -0.3 is 15.0 Å². The van der Waals surface area contributed by atoms with Gasteiger partial charge in [-0.15, -0.1) is 5.10 Å². The number of anilines is 1. The Morgan fingerprint density at radius 2 is 2.08 bits per heavy atom. The van der Waals surface area contributed by atoms with Crippen LogP contribution in [0.25, 0.3) is 16.9 Å². The minimum Gasteiger partial charge on any atom is -0.497 e. The Hall–Kier alpha value is -2.74. The maximum Gasteiger partial charge on any atom is 0.225 e. The Labute approximate surface area is 139 Å². The van der Waals surface area contributed by atoms with E-state index in [4.69, 9.17) is 4.74 Å². The van der Waals surface area contributed by atoms with E-state index in [0.29, 0.717) is 23.2 Å². The Morgan fingerprint density at radius 1 is 1.25 bits per heavy atom. The molecule has 1 aliphatic rings. The van der Waals surface area contributed by atoms with Gasteiger partial charge in [0.15, 0.2) is 11.2 Å². The molecule has 0 unspecified atom stereocenters. The van der Waals surface area contributed by atoms with Crippen molar-refractivity contribution >= 4 is 17.1 Å². The first-order valence-corrected chi connectivity index (χ1v) is 7.91. The van der Waals surface area contributed by atoms with Crippen molar-refractivity contribution < 1.29 is 4.74 Å². The number of hydrogen-bond donors (Lipinski definition) is 1. The highest BCUT2D eigenvalue weighted by molar-refractivity contribution is 5.72. The van der Waals surface area contributed by atoms with Gasteiger partial charge in [0.2, 0.25) is 5.95 Å². The monoisotopic (exact) mass is 325 g/mol. The maximum atomic E-state index is 5.19. The molecule has 124 valence electrons. The molecule has 1 fully saturated rings. The molecule has 0 radical (unpaired) electrons. The summed E-state index contributed by atoms with van der Waals surface area (Å²) in [7, 11) is 3.76. The number of rotatable bonds is 4. The third-order valence-corrected chi connectivity index (χ3v) is 4.23. The molecule has 2 aromatic heterocycles. The lowest BCUT2D eigenvalue weighted by molar-refractivity contribution is 0.414. The topological polar surface area (TPSA) is 81.0 Å². The zero-order valence-corrected chi connectivity index (χ0v) is 13.7. The van der Waals surface area contributed by atoms with Crippen LogP contribution in [0.4, 0.5) is 5.95 Å². The van der Waals surface area contributed by atoms with Crippen molar-refractivity contribution in [3.8, 4) is 11.4 Å². The molecular weight excluding hydrogens is 306 g/mol. The third-order valence-electron chi connectivity index (χ3n) is 4.23. The molecule has 24 heavy (non-hydrogen) atoms. The Kier molecular flexibility index (Phi) is 3.73. The minimum absolute atomic E-state index is 0.373. The van der Waals surface area contributed by atoms with Crippen molar-refractivity contribution in [3.05, 3.63) is 30.5 Å². The molecule has 0 saturated carbocycles. The maximum absolute atomic E-state index is 5.19. The van der Waals surface area contributed by atoms with E-state index in [1.165, 1.54) is 0 Å². The summed E-state index contributed by atoms with van der Waals surface area (Å²) in [6.07, 6.45) is 2.80. The fourth-order valence-corrected chi connectivity index (χ4v) is 2.93. The number of fused-ring (bicyclic) bond motifs is 1. The number of aromatic nitrogens is 5. The first-order valence-electron chi connectivity index (χ1n) is 7.91. The average molecular weight is 325 g/mol. The fourth-order valence-electron chi connectivity index (χ4n) is 2.93. The highest BCUT2D eigenvalue weighted by atomic mass is 16.5. The second kappa shape index (κ2) is 6.04. The van der Waals surface area contributed by atoms with Gasteiger partial charge in [-0.05, 0) is 44.3 Å². The molecule has 8 heteroatoms. The Morgan fingerprint density at radius 3 is 2.79 bits per heavy atom. The lowest BCUT2D eigenvalue weighted by Crippen LogP contribution is -2.24. The first kappa shape index (κ1) is 14.8. The van der Waals surface area contributed by atoms with Gasteiger partial charge in [-0.1, -0.05) is 5.21 Å². The van der Waals surface area contributed by atoms with E-state index in [9.17, 15) is 0 Å². The van der Waals surface area contributed by atoms with Crippen molar-refractivity contribution in [2.45, 2.75) is 12.5 Å². The fraction of sp³-hybridized carbons (Fsp3) is 0.375. The van der Waals surface area contributed by atoms with Crippen molar-refractivity contribution in [3.63, 3.8) is 0 Å². The van der Waals surface area contributed by atoms with E-state index in [1.807, 2.05) is 24.3 Å². The third kappa shape index (κ3) is 2.76. The number of likely N-dealkylation sites (N-methyl/N-ethyl adjacent to an activating group) is 1. The molecule has 1 aliphatic heterocycles. The summed E-state index contributed by atoms with van der Waals surface area (Å²) in [6.45, 7) is 2.09. The molecule has 0 spiro atoms. The molecule has 0 amide bonds. The zero-order chi connectivity index (χ0) is 16.5. The number of nitrogens with one attached hydrogen (secondary N) is 1. The highest BCUT2D eigenvalue weighted by Crippen LogP contribution is 2.19. The lowest BCUT2D eigenvalue weighted by atomic mass is 10.3. The zero-order valence-electron chi connectivity index (χ0n) is 13.7. The molecule has 4 rings (SSSR count). The van der Waals surface area contributed by atoms with Crippen LogP contribution in [0.1, 0.15) is 6.42 Å². The molecule has 0 aliphatic carbocycles. The van der Waals surface area contributed by atoms with Crippen molar-refractivity contribution in [1.29, 1.82) is 0 Å². The SMILES string of the molecule is COc1ccc(-n2nnc3cnc(N[C@@H]4CCN(C)C4)nc32)cc1. The number of nitrogens with zero attached hydrogens (tertiary/aromatic N) is 6. The van der Waals surface area contributed by atoms with Crippen molar-refractivity contribution in [2.75, 3.05) is 32.6 Å². The predicted molar refractivity (Wildman–Crippen MR) is 90.5 cm³/mol. The van der Waals surface area contributed by atoms with Crippen LogP contribution in [0, 0.1) is 0 Å². The first-order chi connectivity index (χ1) is 11.7. The standard InChI is InChI=1S/C16H19N7O/c1-22-8-7-11(10-22)18-16-17-9-14-15(19-16)23(21-20-14)12-3-5-13(24-2)6-4-12/h3-6,9,11H,7-8,10H2,1-2H3,(H,17,18,19)/t11-/m1/s1. The van der Waals surface area contributed by atoms with Crippen LogP contribution in [-0.4, -0.2) is 63.2 Å². The Balaban J connectivity index is 1.65. The molecule has 0 bridgehead atoms. The molecule has 8 nitrogen and oxygen atoms in total. The molecule has 1 saturated heterocycles. The second-order valence-electron chi connectivity index (χ2n) is 5.99. The van der Waals surface area contributed by atoms with Gasteiger partial charge >= 0.3 is 0 Å². The van der Waals surface area contributed by atoms with E-state index >= 15 is 0 Å². The molecule has 1 aromatic carbocycles. The largest absolute Gasteiger partial charge is 0.497 e. The van der Waals surface area contributed by atoms with Crippen LogP contribution in [0.3, 0.4) is 0 Å². The summed E-state index contributed by atoms with van der Waals surface area (Å²) >= 11 is 0. The van der Waals surface area contributed by atoms with E-state index in [2.05, 4.69) is 37.5 Å². The van der Waals surface area contributed by atoms with E-state index in [-0.39, 0.29) is 0 Å². The Bertz CT molecular complexity index is 845. The van der Waals surface area contributed by atoms with Crippen LogP contribution in [0.15, 0.2) is 30.5 Å². The van der Waals surface area contributed by atoms with Gasteiger partial charge in [0.1, 0.15) is 5.75 Å². The molecule has 3 heterocycles. The number of hydrogen-bond acceptors (Lipinski definition) is 7. The van der Waals surface area contributed by atoms with Crippen LogP contribution in [0.5, 0.6) is 5.75 Å². The molecular formula is C16H19N7O. The van der Waals surface area contributed by atoms with Gasteiger partial charge in [0.05, 0.1) is 19.0 Å². The van der Waals surface area contributed by atoms with Crippen LogP contribution < -0.4 is 10.1 Å². The van der Waals surface area contributed by atoms with Gasteiger partial charge in [-0.25, -0.2) is 4.98 Å². The molecule has 1 N–H and O–H groups in total. The number of likely N-dealkylation sites (tertiary alicyclic amines) is 1. The summed E-state index contributed by atoms with van der Waals surface area (Å²) < 4.78 is 6.90. The van der Waals surface area contributed by atoms with Gasteiger partial charge in [-0.3, -0.25) is 0 Å². The van der Waals surface area contributed by atoms with Crippen molar-refractivity contribution in [2.24, 2.45) is 0 Å². The smallest absolute Gasteiger partial charge is 0.225 e. The average Bonchev–Trinajstić information content (AvgIpc) is 3.21. The van der Waals surface area contributed by atoms with E-state index in [0.717, 1.165) is 30.9 Å². The lowest BCUT2D eigenvalue weighted by Gasteiger charge is -2.12. The summed E-state index contributed by atoms with van der Waals surface area (Å²) in [5.41, 5.74) is 2.23. The number of ether oxygens (including phenoxy) is 1. The van der Waals surface area contributed by atoms with E-state index in [1.54, 1.807) is 18.0 Å². The molecule has 1 atom stereocenters. The highest BCUT2D eigenvalue weighted by Gasteiger charge is 2.20. The summed E-state index contributed by atoms with van der Waals surface area (Å²) in [5, 5.41) is 11.7.